The summed E-state index contributed by atoms with van der Waals surface area (Å²) in [6, 6.07) is 7.55. The minimum absolute atomic E-state index is 0.195. The fraction of sp³-hybridized carbons (Fsp3) is 0.200. The number of benzene rings is 1. The zero-order chi connectivity index (χ0) is 10.8. The quantitative estimate of drug-likeness (QED) is 0.751. The fourth-order valence-electron chi connectivity index (χ4n) is 1.41. The number of thiocarbonyl (C=S) groups is 1. The molecule has 1 unspecified atom stereocenters. The van der Waals surface area contributed by atoms with E-state index in [0.29, 0.717) is 6.42 Å². The van der Waals surface area contributed by atoms with Gasteiger partial charge in [-0.15, -0.1) is 0 Å². The van der Waals surface area contributed by atoms with Crippen LogP contribution in [0, 0.1) is 0 Å². The Morgan fingerprint density at radius 1 is 1.53 bits per heavy atom. The summed E-state index contributed by atoms with van der Waals surface area (Å²) < 4.78 is 5.52. The summed E-state index contributed by atoms with van der Waals surface area (Å²) in [5.41, 5.74) is 5.97. The van der Waals surface area contributed by atoms with Crippen molar-refractivity contribution in [2.45, 2.75) is 12.6 Å². The molecule has 1 atom stereocenters. The van der Waals surface area contributed by atoms with Crippen molar-refractivity contribution in [1.82, 2.24) is 0 Å². The van der Waals surface area contributed by atoms with Gasteiger partial charge in [-0.3, -0.25) is 4.79 Å². The topological polar surface area (TPSA) is 64.4 Å². The summed E-state index contributed by atoms with van der Waals surface area (Å²) in [4.78, 5) is 11.0. The van der Waals surface area contributed by atoms with Crippen molar-refractivity contribution in [2.75, 3.05) is 5.32 Å². The molecule has 1 aromatic carbocycles. The number of nitrogens with one attached hydrogen (secondary N) is 1. The number of amides is 1. The molecule has 1 aliphatic heterocycles. The Bertz CT molecular complexity index is 395. The first kappa shape index (κ1) is 9.92. The van der Waals surface area contributed by atoms with E-state index >= 15 is 0 Å². The molecule has 5 heteroatoms. The molecule has 1 aliphatic rings. The Balaban J connectivity index is 2.02. The second-order valence-electron chi connectivity index (χ2n) is 3.24. The maximum atomic E-state index is 10.8. The van der Waals surface area contributed by atoms with Gasteiger partial charge in [0.2, 0.25) is 0 Å². The fourth-order valence-corrected chi connectivity index (χ4v) is 1.56. The average molecular weight is 222 g/mol. The number of ether oxygens (including phenoxy) is 1. The molecule has 0 saturated carbocycles. The number of hydrogen-bond donors (Lipinski definition) is 2. The van der Waals surface area contributed by atoms with E-state index in [2.05, 4.69) is 5.32 Å². The summed E-state index contributed by atoms with van der Waals surface area (Å²) in [7, 11) is 0. The van der Waals surface area contributed by atoms with Gasteiger partial charge in [-0.1, -0.05) is 24.4 Å². The van der Waals surface area contributed by atoms with Crippen LogP contribution in [0.3, 0.4) is 0 Å². The SMILES string of the molecule is NC(=O)C(=S)CC1Nc2ccccc2O1. The van der Waals surface area contributed by atoms with Crippen molar-refractivity contribution in [3.63, 3.8) is 0 Å². The monoisotopic (exact) mass is 222 g/mol. The van der Waals surface area contributed by atoms with Gasteiger partial charge in [0, 0.05) is 6.42 Å². The summed E-state index contributed by atoms with van der Waals surface area (Å²) >= 11 is 4.83. The number of rotatable bonds is 3. The molecule has 2 rings (SSSR count). The van der Waals surface area contributed by atoms with E-state index < -0.39 is 5.91 Å². The number of primary amides is 1. The van der Waals surface area contributed by atoms with Gasteiger partial charge in [0.05, 0.1) is 10.6 Å². The first-order valence-corrected chi connectivity index (χ1v) is 4.92. The number of hydrogen-bond acceptors (Lipinski definition) is 4. The Morgan fingerprint density at radius 2 is 2.27 bits per heavy atom. The lowest BCUT2D eigenvalue weighted by Gasteiger charge is -2.09. The van der Waals surface area contributed by atoms with Crippen molar-refractivity contribution >= 4 is 28.7 Å². The molecular weight excluding hydrogens is 212 g/mol. The van der Waals surface area contributed by atoms with Crippen LogP contribution in [0.4, 0.5) is 5.69 Å². The van der Waals surface area contributed by atoms with Gasteiger partial charge < -0.3 is 15.8 Å². The summed E-state index contributed by atoms with van der Waals surface area (Å²) in [6.07, 6.45) is 0.0294. The normalized spacial score (nSPS) is 17.5. The Hall–Kier alpha value is -1.62. The van der Waals surface area contributed by atoms with Crippen molar-refractivity contribution in [1.29, 1.82) is 0 Å². The van der Waals surface area contributed by atoms with Crippen molar-refractivity contribution in [3.05, 3.63) is 24.3 Å². The molecule has 0 radical (unpaired) electrons. The van der Waals surface area contributed by atoms with E-state index in [1.54, 1.807) is 0 Å². The highest BCUT2D eigenvalue weighted by Gasteiger charge is 2.23. The third kappa shape index (κ3) is 2.07. The highest BCUT2D eigenvalue weighted by molar-refractivity contribution is 7.82. The predicted octanol–water partition coefficient (Wildman–Crippen LogP) is 1.06. The first-order chi connectivity index (χ1) is 7.16. The maximum absolute atomic E-state index is 10.8. The van der Waals surface area contributed by atoms with Crippen LogP contribution in [0.25, 0.3) is 0 Å². The van der Waals surface area contributed by atoms with Crippen LogP contribution >= 0.6 is 12.2 Å². The maximum Gasteiger partial charge on any atom is 0.255 e. The second kappa shape index (κ2) is 3.86. The van der Waals surface area contributed by atoms with Crippen molar-refractivity contribution in [2.24, 2.45) is 5.73 Å². The molecule has 3 N–H and O–H groups in total. The van der Waals surface area contributed by atoms with Crippen LogP contribution in [0.2, 0.25) is 0 Å². The Labute approximate surface area is 92.4 Å². The summed E-state index contributed by atoms with van der Waals surface area (Å²) in [5, 5.41) is 3.10. The standard InChI is InChI=1S/C10H10N2O2S/c11-10(13)8(15)5-9-12-6-3-1-2-4-7(6)14-9/h1-4,9,12H,5H2,(H2,11,13). The zero-order valence-corrected chi connectivity index (χ0v) is 8.71. The molecule has 0 bridgehead atoms. The van der Waals surface area contributed by atoms with Crippen LogP contribution in [0.15, 0.2) is 24.3 Å². The van der Waals surface area contributed by atoms with Crippen LogP contribution in [-0.2, 0) is 4.79 Å². The molecule has 0 aromatic heterocycles. The molecule has 0 fully saturated rings. The van der Waals surface area contributed by atoms with Crippen LogP contribution < -0.4 is 15.8 Å². The van der Waals surface area contributed by atoms with Crippen LogP contribution in [0.5, 0.6) is 5.75 Å². The van der Waals surface area contributed by atoms with E-state index in [9.17, 15) is 4.79 Å². The molecule has 1 aromatic rings. The number of para-hydroxylation sites is 2. The number of carbonyl (C=O) groups is 1. The van der Waals surface area contributed by atoms with E-state index in [1.165, 1.54) is 0 Å². The van der Waals surface area contributed by atoms with E-state index in [4.69, 9.17) is 22.7 Å². The highest BCUT2D eigenvalue weighted by atomic mass is 32.1. The van der Waals surface area contributed by atoms with Gasteiger partial charge in [0.1, 0.15) is 5.75 Å². The minimum atomic E-state index is -0.564. The number of carbonyl (C=O) groups excluding carboxylic acids is 1. The lowest BCUT2D eigenvalue weighted by Crippen LogP contribution is -2.30. The smallest absolute Gasteiger partial charge is 0.255 e. The van der Waals surface area contributed by atoms with Crippen LogP contribution in [-0.4, -0.2) is 17.0 Å². The lowest BCUT2D eigenvalue weighted by atomic mass is 10.2. The molecule has 1 amide bonds. The minimum Gasteiger partial charge on any atom is -0.468 e. The van der Waals surface area contributed by atoms with Crippen molar-refractivity contribution < 1.29 is 9.53 Å². The molecule has 0 aliphatic carbocycles. The van der Waals surface area contributed by atoms with E-state index in [-0.39, 0.29) is 11.1 Å². The third-order valence-electron chi connectivity index (χ3n) is 2.12. The number of nitrogens with two attached hydrogens (primary N) is 1. The van der Waals surface area contributed by atoms with E-state index in [0.717, 1.165) is 11.4 Å². The lowest BCUT2D eigenvalue weighted by molar-refractivity contribution is -0.112. The first-order valence-electron chi connectivity index (χ1n) is 4.51. The van der Waals surface area contributed by atoms with Gasteiger partial charge in [-0.2, -0.15) is 0 Å². The largest absolute Gasteiger partial charge is 0.468 e. The highest BCUT2D eigenvalue weighted by Crippen LogP contribution is 2.31. The molecule has 0 saturated heterocycles. The van der Waals surface area contributed by atoms with Gasteiger partial charge in [-0.25, -0.2) is 0 Å². The molecule has 0 spiro atoms. The molecule has 15 heavy (non-hydrogen) atoms. The number of anilines is 1. The summed E-state index contributed by atoms with van der Waals surface area (Å²) in [6.45, 7) is 0. The molecule has 4 nitrogen and oxygen atoms in total. The number of fused-ring (bicyclic) bond motifs is 1. The Kier molecular flexibility index (Phi) is 2.55. The third-order valence-corrected chi connectivity index (χ3v) is 2.49. The van der Waals surface area contributed by atoms with Crippen LogP contribution in [0.1, 0.15) is 6.42 Å². The molecular formula is C10H10N2O2S. The zero-order valence-electron chi connectivity index (χ0n) is 7.90. The van der Waals surface area contributed by atoms with Gasteiger partial charge in [0.25, 0.3) is 5.91 Å². The molecule has 1 heterocycles. The van der Waals surface area contributed by atoms with E-state index in [1.807, 2.05) is 24.3 Å². The summed E-state index contributed by atoms with van der Waals surface area (Å²) in [5.74, 6) is 0.209. The average Bonchev–Trinajstić information content (AvgIpc) is 2.59. The molecule has 78 valence electrons. The Morgan fingerprint density at radius 3 is 2.93 bits per heavy atom. The van der Waals surface area contributed by atoms with Gasteiger partial charge in [-0.05, 0) is 12.1 Å². The second-order valence-corrected chi connectivity index (χ2v) is 3.73. The van der Waals surface area contributed by atoms with Gasteiger partial charge >= 0.3 is 0 Å². The van der Waals surface area contributed by atoms with Crippen molar-refractivity contribution in [3.8, 4) is 5.75 Å². The predicted molar refractivity (Wildman–Crippen MR) is 60.9 cm³/mol. The van der Waals surface area contributed by atoms with Gasteiger partial charge in [0.15, 0.2) is 6.23 Å².